The Morgan fingerprint density at radius 1 is 1.08 bits per heavy atom. The highest BCUT2D eigenvalue weighted by molar-refractivity contribution is 6.16. The zero-order valence-electron chi connectivity index (χ0n) is 21.9. The number of ketones is 1. The van der Waals surface area contributed by atoms with Gasteiger partial charge in [0.25, 0.3) is 5.91 Å². The number of hydrogen-bond acceptors (Lipinski definition) is 7. The van der Waals surface area contributed by atoms with Gasteiger partial charge in [0.05, 0.1) is 25.3 Å². The van der Waals surface area contributed by atoms with E-state index in [1.807, 2.05) is 24.3 Å². The minimum Gasteiger partial charge on any atom is -0.503 e. The number of aliphatic hydroxyl groups excluding tert-OH is 1. The zero-order valence-corrected chi connectivity index (χ0v) is 21.9. The number of carbonyl (C=O) groups excluding carboxylic acids is 2. The number of benzene rings is 2. The van der Waals surface area contributed by atoms with E-state index in [-0.39, 0.29) is 17.9 Å². The summed E-state index contributed by atoms with van der Waals surface area (Å²) in [7, 11) is 1.54. The molecule has 39 heavy (non-hydrogen) atoms. The van der Waals surface area contributed by atoms with Crippen LogP contribution in [0.4, 0.5) is 0 Å². The molecule has 1 atom stereocenters. The van der Waals surface area contributed by atoms with E-state index in [4.69, 9.17) is 13.9 Å². The van der Waals surface area contributed by atoms with Crippen LogP contribution in [0, 0.1) is 0 Å². The van der Waals surface area contributed by atoms with Crippen LogP contribution in [0.2, 0.25) is 0 Å². The highest BCUT2D eigenvalue weighted by atomic mass is 16.5. The maximum atomic E-state index is 13.8. The second kappa shape index (κ2) is 11.4. The summed E-state index contributed by atoms with van der Waals surface area (Å²) in [6, 6.07) is 16.9. The predicted molar refractivity (Wildman–Crippen MR) is 146 cm³/mol. The number of amides is 1. The fraction of sp³-hybridized carbons (Fsp3) is 0.258. The quantitative estimate of drug-likeness (QED) is 0.184. The summed E-state index contributed by atoms with van der Waals surface area (Å²) in [5.41, 5.74) is 1.83. The molecule has 0 saturated carbocycles. The Balaban J connectivity index is 1.55. The summed E-state index contributed by atoms with van der Waals surface area (Å²) in [5, 5.41) is 11.8. The van der Waals surface area contributed by atoms with Gasteiger partial charge in [-0.25, -0.2) is 0 Å². The Hall–Kier alpha value is -4.59. The third-order valence-electron chi connectivity index (χ3n) is 6.78. The minimum absolute atomic E-state index is 0.0432. The highest BCUT2D eigenvalue weighted by Gasteiger charge is 2.44. The van der Waals surface area contributed by atoms with Crippen LogP contribution in [0.15, 0.2) is 88.8 Å². The van der Waals surface area contributed by atoms with E-state index in [1.165, 1.54) is 4.90 Å². The van der Waals surface area contributed by atoms with E-state index in [1.54, 1.807) is 55.9 Å². The Morgan fingerprint density at radius 2 is 1.92 bits per heavy atom. The van der Waals surface area contributed by atoms with Crippen LogP contribution in [-0.2, 0) is 11.3 Å². The molecule has 0 aliphatic carbocycles. The molecule has 4 aromatic rings. The lowest BCUT2D eigenvalue weighted by Gasteiger charge is -2.27. The largest absolute Gasteiger partial charge is 0.503 e. The molecule has 3 heterocycles. The SMILES string of the molecule is CCCCCOc1ccc(C2C(C(=O)c3cc4ccccc4o3)=C(O)C(=O)N2Cc2cccnc2)cc1OC. The number of aromatic nitrogens is 1. The fourth-order valence-corrected chi connectivity index (χ4v) is 4.82. The first kappa shape index (κ1) is 26.0. The molecule has 8 nitrogen and oxygen atoms in total. The Morgan fingerprint density at radius 3 is 2.67 bits per heavy atom. The first-order chi connectivity index (χ1) is 19.0. The summed E-state index contributed by atoms with van der Waals surface area (Å²) in [6.07, 6.45) is 6.35. The number of nitrogens with zero attached hydrogens (tertiary/aromatic N) is 2. The second-order valence-electron chi connectivity index (χ2n) is 9.40. The van der Waals surface area contributed by atoms with Crippen molar-refractivity contribution in [3.05, 3.63) is 101 Å². The molecule has 1 amide bonds. The predicted octanol–water partition coefficient (Wildman–Crippen LogP) is 6.18. The maximum Gasteiger partial charge on any atom is 0.290 e. The number of pyridine rings is 1. The van der Waals surface area contributed by atoms with Gasteiger partial charge in [0, 0.05) is 24.3 Å². The summed E-state index contributed by atoms with van der Waals surface area (Å²) >= 11 is 0. The molecule has 1 unspecified atom stereocenters. The van der Waals surface area contributed by atoms with Gasteiger partial charge in [0.15, 0.2) is 23.0 Å². The maximum absolute atomic E-state index is 13.8. The Labute approximate surface area is 226 Å². The first-order valence-corrected chi connectivity index (χ1v) is 13.0. The van der Waals surface area contributed by atoms with E-state index >= 15 is 0 Å². The van der Waals surface area contributed by atoms with Crippen LogP contribution in [0.25, 0.3) is 11.0 Å². The number of aliphatic hydroxyl groups is 1. The van der Waals surface area contributed by atoms with Crippen molar-refractivity contribution >= 4 is 22.7 Å². The number of fused-ring (bicyclic) bond motifs is 1. The number of Topliss-reactive ketones (excluding diaryl/α,β-unsaturated/α-hetero) is 1. The number of rotatable bonds is 11. The van der Waals surface area contributed by atoms with Crippen molar-refractivity contribution in [1.29, 1.82) is 0 Å². The normalized spacial score (nSPS) is 15.3. The summed E-state index contributed by atoms with van der Waals surface area (Å²) < 4.78 is 17.4. The van der Waals surface area contributed by atoms with E-state index in [9.17, 15) is 14.7 Å². The molecule has 0 bridgehead atoms. The van der Waals surface area contributed by atoms with Crippen molar-refractivity contribution in [2.75, 3.05) is 13.7 Å². The van der Waals surface area contributed by atoms with E-state index < -0.39 is 23.5 Å². The van der Waals surface area contributed by atoms with Gasteiger partial charge in [0.2, 0.25) is 5.78 Å². The molecule has 0 spiro atoms. The number of unbranched alkanes of at least 4 members (excludes halogenated alkanes) is 2. The lowest BCUT2D eigenvalue weighted by molar-refractivity contribution is -0.130. The van der Waals surface area contributed by atoms with Gasteiger partial charge in [-0.2, -0.15) is 0 Å². The van der Waals surface area contributed by atoms with Crippen molar-refractivity contribution in [3.8, 4) is 11.5 Å². The van der Waals surface area contributed by atoms with E-state index in [0.29, 0.717) is 29.3 Å². The molecule has 2 aromatic heterocycles. The number of methoxy groups -OCH3 is 1. The number of ether oxygens (including phenoxy) is 2. The van der Waals surface area contributed by atoms with Crippen molar-refractivity contribution < 1.29 is 28.6 Å². The van der Waals surface area contributed by atoms with E-state index in [2.05, 4.69) is 11.9 Å². The van der Waals surface area contributed by atoms with Crippen LogP contribution in [0.3, 0.4) is 0 Å². The molecular weight excluding hydrogens is 496 g/mol. The summed E-state index contributed by atoms with van der Waals surface area (Å²) in [5.74, 6) is -0.731. The number of carbonyl (C=O) groups is 2. The minimum atomic E-state index is -0.888. The molecular formula is C31H30N2O6. The van der Waals surface area contributed by atoms with Gasteiger partial charge in [0.1, 0.15) is 5.58 Å². The fourth-order valence-electron chi connectivity index (χ4n) is 4.82. The number of para-hydroxylation sites is 1. The van der Waals surface area contributed by atoms with Crippen LogP contribution in [0.5, 0.6) is 11.5 Å². The van der Waals surface area contributed by atoms with Crippen LogP contribution in [-0.4, -0.2) is 40.4 Å². The number of hydrogen-bond donors (Lipinski definition) is 1. The molecule has 0 saturated heterocycles. The van der Waals surface area contributed by atoms with Gasteiger partial charge >= 0.3 is 0 Å². The van der Waals surface area contributed by atoms with Crippen molar-refractivity contribution in [1.82, 2.24) is 9.88 Å². The Kier molecular flexibility index (Phi) is 7.63. The van der Waals surface area contributed by atoms with Crippen LogP contribution in [0.1, 0.15) is 53.9 Å². The van der Waals surface area contributed by atoms with Gasteiger partial charge in [-0.15, -0.1) is 0 Å². The lowest BCUT2D eigenvalue weighted by atomic mass is 9.94. The summed E-state index contributed by atoms with van der Waals surface area (Å²) in [4.78, 5) is 32.8. The van der Waals surface area contributed by atoms with Gasteiger partial charge in [-0.1, -0.05) is 50.1 Å². The third kappa shape index (κ3) is 5.23. The first-order valence-electron chi connectivity index (χ1n) is 13.0. The molecule has 1 N–H and O–H groups in total. The molecule has 1 aliphatic heterocycles. The molecule has 8 heteroatoms. The molecule has 5 rings (SSSR count). The topological polar surface area (TPSA) is 102 Å². The van der Waals surface area contributed by atoms with Crippen molar-refractivity contribution in [2.45, 2.75) is 38.8 Å². The second-order valence-corrected chi connectivity index (χ2v) is 9.40. The molecule has 0 fully saturated rings. The molecule has 0 radical (unpaired) electrons. The Bertz CT molecular complexity index is 1490. The standard InChI is InChI=1S/C31H30N2O6/c1-3-4-7-15-38-24-13-12-22(17-25(24)37-2)28-27(29(34)26-16-21-10-5-6-11-23(21)39-26)30(35)31(36)33(28)19-20-9-8-14-32-18-20/h5-6,8-14,16-18,28,35H,3-4,7,15,19H2,1-2H3. The van der Waals surface area contributed by atoms with Crippen molar-refractivity contribution in [2.24, 2.45) is 0 Å². The van der Waals surface area contributed by atoms with Crippen LogP contribution < -0.4 is 9.47 Å². The smallest absolute Gasteiger partial charge is 0.290 e. The summed E-state index contributed by atoms with van der Waals surface area (Å²) in [6.45, 7) is 2.81. The zero-order chi connectivity index (χ0) is 27.4. The average Bonchev–Trinajstić information content (AvgIpc) is 3.51. The third-order valence-corrected chi connectivity index (χ3v) is 6.78. The molecule has 1 aliphatic rings. The molecule has 2 aromatic carbocycles. The molecule has 200 valence electrons. The van der Waals surface area contributed by atoms with Crippen LogP contribution >= 0.6 is 0 Å². The van der Waals surface area contributed by atoms with Crippen molar-refractivity contribution in [3.63, 3.8) is 0 Å². The average molecular weight is 527 g/mol. The van der Waals surface area contributed by atoms with Gasteiger partial charge in [-0.3, -0.25) is 14.6 Å². The van der Waals surface area contributed by atoms with Gasteiger partial charge in [-0.05, 0) is 47.9 Å². The number of furan rings is 1. The van der Waals surface area contributed by atoms with E-state index in [0.717, 1.165) is 30.2 Å². The lowest BCUT2D eigenvalue weighted by Crippen LogP contribution is -2.30. The monoisotopic (exact) mass is 526 g/mol. The van der Waals surface area contributed by atoms with Gasteiger partial charge < -0.3 is 23.9 Å². The highest BCUT2D eigenvalue weighted by Crippen LogP contribution is 2.43.